The zero-order valence-corrected chi connectivity index (χ0v) is 11.9. The Hall–Kier alpha value is -1.15. The number of carboxylic acids is 1. The molecule has 110 valence electrons. The lowest BCUT2D eigenvalue weighted by Gasteiger charge is -2.26. The first-order valence-electron chi connectivity index (χ1n) is 6.22. The van der Waals surface area contributed by atoms with E-state index in [1.807, 2.05) is 6.92 Å². The molecule has 1 aliphatic rings. The van der Waals surface area contributed by atoms with E-state index in [4.69, 9.17) is 5.11 Å². The maximum absolute atomic E-state index is 11.7. The van der Waals surface area contributed by atoms with Crippen molar-refractivity contribution in [2.45, 2.75) is 32.4 Å². The van der Waals surface area contributed by atoms with Gasteiger partial charge < -0.3 is 10.4 Å². The van der Waals surface area contributed by atoms with Gasteiger partial charge in [-0.1, -0.05) is 6.92 Å². The molecule has 0 aromatic rings. The summed E-state index contributed by atoms with van der Waals surface area (Å²) in [5.41, 5.74) is 0. The predicted octanol–water partition coefficient (Wildman–Crippen LogP) is -0.915. The monoisotopic (exact) mass is 292 g/mol. The lowest BCUT2D eigenvalue weighted by Crippen LogP contribution is -2.47. The van der Waals surface area contributed by atoms with Crippen LogP contribution in [0.3, 0.4) is 0 Å². The predicted molar refractivity (Wildman–Crippen MR) is 69.5 cm³/mol. The zero-order chi connectivity index (χ0) is 14.6. The number of hydrogen-bond donors (Lipinski definition) is 2. The minimum Gasteiger partial charge on any atom is -0.480 e. The van der Waals surface area contributed by atoms with Crippen molar-refractivity contribution in [2.75, 3.05) is 24.6 Å². The molecule has 8 heteroatoms. The first-order chi connectivity index (χ1) is 8.75. The molecule has 0 saturated carbocycles. The van der Waals surface area contributed by atoms with Gasteiger partial charge in [-0.2, -0.15) is 0 Å². The third kappa shape index (κ3) is 4.79. The Morgan fingerprint density at radius 1 is 1.47 bits per heavy atom. The number of carbonyl (C=O) groups excluding carboxylic acids is 1. The van der Waals surface area contributed by atoms with E-state index in [9.17, 15) is 18.0 Å². The molecule has 1 fully saturated rings. The SMILES string of the molecule is CCN(CC(=O)NC(C)C(=O)O)C1CCS(=O)(=O)C1. The van der Waals surface area contributed by atoms with Crippen LogP contribution in [-0.4, -0.2) is 67.0 Å². The van der Waals surface area contributed by atoms with E-state index in [-0.39, 0.29) is 24.1 Å². The van der Waals surface area contributed by atoms with Crippen molar-refractivity contribution in [1.29, 1.82) is 0 Å². The third-order valence-electron chi connectivity index (χ3n) is 3.23. The topological polar surface area (TPSA) is 104 Å². The van der Waals surface area contributed by atoms with Crippen LogP contribution in [0.15, 0.2) is 0 Å². The highest BCUT2D eigenvalue weighted by atomic mass is 32.2. The maximum Gasteiger partial charge on any atom is 0.325 e. The molecule has 1 amide bonds. The molecule has 2 atom stereocenters. The molecule has 0 aromatic heterocycles. The Bertz CT molecular complexity index is 448. The van der Waals surface area contributed by atoms with Gasteiger partial charge in [0.25, 0.3) is 0 Å². The number of amides is 1. The molecule has 7 nitrogen and oxygen atoms in total. The lowest BCUT2D eigenvalue weighted by molar-refractivity contribution is -0.141. The minimum absolute atomic E-state index is 0.0221. The van der Waals surface area contributed by atoms with Crippen LogP contribution in [0.1, 0.15) is 20.3 Å². The Balaban J connectivity index is 2.53. The summed E-state index contributed by atoms with van der Waals surface area (Å²) in [6, 6.07) is -1.10. The molecule has 1 rings (SSSR count). The molecular weight excluding hydrogens is 272 g/mol. The molecule has 0 radical (unpaired) electrons. The van der Waals surface area contributed by atoms with Gasteiger partial charge >= 0.3 is 5.97 Å². The Morgan fingerprint density at radius 2 is 2.11 bits per heavy atom. The normalized spacial score (nSPS) is 23.2. The lowest BCUT2D eigenvalue weighted by atomic mass is 10.2. The fraction of sp³-hybridized carbons (Fsp3) is 0.818. The van der Waals surface area contributed by atoms with E-state index in [1.165, 1.54) is 6.92 Å². The molecule has 0 bridgehead atoms. The van der Waals surface area contributed by atoms with Crippen molar-refractivity contribution < 1.29 is 23.1 Å². The van der Waals surface area contributed by atoms with Crippen LogP contribution >= 0.6 is 0 Å². The highest BCUT2D eigenvalue weighted by Crippen LogP contribution is 2.17. The van der Waals surface area contributed by atoms with E-state index in [0.29, 0.717) is 13.0 Å². The molecule has 19 heavy (non-hydrogen) atoms. The average Bonchev–Trinajstić information content (AvgIpc) is 2.66. The molecule has 0 spiro atoms. The second-order valence-corrected chi connectivity index (χ2v) is 6.98. The van der Waals surface area contributed by atoms with Crippen LogP contribution in [0.4, 0.5) is 0 Å². The van der Waals surface area contributed by atoms with Crippen LogP contribution in [-0.2, 0) is 19.4 Å². The molecular formula is C11H20N2O5S. The van der Waals surface area contributed by atoms with Crippen molar-refractivity contribution in [3.63, 3.8) is 0 Å². The average molecular weight is 292 g/mol. The van der Waals surface area contributed by atoms with Crippen LogP contribution in [0.5, 0.6) is 0 Å². The Labute approximate surface area is 112 Å². The van der Waals surface area contributed by atoms with Crippen LogP contribution in [0.2, 0.25) is 0 Å². The fourth-order valence-corrected chi connectivity index (χ4v) is 3.86. The third-order valence-corrected chi connectivity index (χ3v) is 4.98. The summed E-state index contributed by atoms with van der Waals surface area (Å²) < 4.78 is 22.8. The van der Waals surface area contributed by atoms with Gasteiger partial charge in [0, 0.05) is 6.04 Å². The summed E-state index contributed by atoms with van der Waals surface area (Å²) in [6.45, 7) is 3.80. The summed E-state index contributed by atoms with van der Waals surface area (Å²) in [5, 5.41) is 11.1. The van der Waals surface area contributed by atoms with E-state index in [0.717, 1.165) is 0 Å². The fourth-order valence-electron chi connectivity index (χ4n) is 2.10. The van der Waals surface area contributed by atoms with Crippen molar-refractivity contribution in [2.24, 2.45) is 0 Å². The summed E-state index contributed by atoms with van der Waals surface area (Å²) >= 11 is 0. The molecule has 2 unspecified atom stereocenters. The largest absolute Gasteiger partial charge is 0.480 e. The minimum atomic E-state index is -2.99. The number of hydrogen-bond acceptors (Lipinski definition) is 5. The van der Waals surface area contributed by atoms with E-state index >= 15 is 0 Å². The van der Waals surface area contributed by atoms with Gasteiger partial charge in [0.1, 0.15) is 6.04 Å². The maximum atomic E-state index is 11.7. The van der Waals surface area contributed by atoms with Gasteiger partial charge in [-0.05, 0) is 19.9 Å². The van der Waals surface area contributed by atoms with Gasteiger partial charge in [-0.25, -0.2) is 8.42 Å². The number of likely N-dealkylation sites (N-methyl/N-ethyl adjacent to an activating group) is 1. The van der Waals surface area contributed by atoms with Gasteiger partial charge in [0.2, 0.25) is 5.91 Å². The summed E-state index contributed by atoms with van der Waals surface area (Å²) in [5.74, 6) is -1.27. The number of nitrogens with zero attached hydrogens (tertiary/aromatic N) is 1. The van der Waals surface area contributed by atoms with Crippen LogP contribution in [0, 0.1) is 0 Å². The van der Waals surface area contributed by atoms with Gasteiger partial charge in [0.15, 0.2) is 9.84 Å². The summed E-state index contributed by atoms with van der Waals surface area (Å²) in [6.07, 6.45) is 0.526. The number of sulfone groups is 1. The van der Waals surface area contributed by atoms with Crippen molar-refractivity contribution in [3.05, 3.63) is 0 Å². The molecule has 1 heterocycles. The smallest absolute Gasteiger partial charge is 0.325 e. The number of aliphatic carboxylic acids is 1. The number of carbonyl (C=O) groups is 2. The van der Waals surface area contributed by atoms with Crippen molar-refractivity contribution in [3.8, 4) is 0 Å². The zero-order valence-electron chi connectivity index (χ0n) is 11.1. The number of nitrogens with one attached hydrogen (secondary N) is 1. The Kier molecular flexibility index (Phi) is 5.30. The summed E-state index contributed by atoms with van der Waals surface area (Å²) in [4.78, 5) is 24.1. The van der Waals surface area contributed by atoms with Gasteiger partial charge in [-0.3, -0.25) is 14.5 Å². The number of rotatable bonds is 6. The van der Waals surface area contributed by atoms with Crippen LogP contribution in [0.25, 0.3) is 0 Å². The van der Waals surface area contributed by atoms with Gasteiger partial charge in [0.05, 0.1) is 18.1 Å². The van der Waals surface area contributed by atoms with Gasteiger partial charge in [-0.15, -0.1) is 0 Å². The molecule has 1 saturated heterocycles. The second kappa shape index (κ2) is 6.33. The van der Waals surface area contributed by atoms with Crippen molar-refractivity contribution in [1.82, 2.24) is 10.2 Å². The quantitative estimate of drug-likeness (QED) is 0.656. The molecule has 0 aliphatic carbocycles. The first-order valence-corrected chi connectivity index (χ1v) is 8.04. The highest BCUT2D eigenvalue weighted by molar-refractivity contribution is 7.91. The Morgan fingerprint density at radius 3 is 2.53 bits per heavy atom. The molecule has 0 aromatic carbocycles. The second-order valence-electron chi connectivity index (χ2n) is 4.75. The first kappa shape index (κ1) is 15.9. The van der Waals surface area contributed by atoms with E-state index in [2.05, 4.69) is 5.32 Å². The standard InChI is InChI=1S/C11H20N2O5S/c1-3-13(9-4-5-19(17,18)7-9)6-10(14)12-8(2)11(15)16/h8-9H,3-7H2,1-2H3,(H,12,14)(H,15,16). The van der Waals surface area contributed by atoms with Crippen molar-refractivity contribution >= 4 is 21.7 Å². The molecule has 1 aliphatic heterocycles. The van der Waals surface area contributed by atoms with E-state index < -0.39 is 27.8 Å². The highest BCUT2D eigenvalue weighted by Gasteiger charge is 2.32. The summed E-state index contributed by atoms with van der Waals surface area (Å²) in [7, 11) is -2.99. The van der Waals surface area contributed by atoms with Crippen LogP contribution < -0.4 is 5.32 Å². The molecule has 2 N–H and O–H groups in total. The number of carboxylic acid groups (broad SMARTS) is 1. The van der Waals surface area contributed by atoms with E-state index in [1.54, 1.807) is 4.90 Å².